The molecule has 0 amide bonds. The molecule has 0 heterocycles. The molecular weight excluding hydrogens is 248 g/mol. The molecule has 1 rings (SSSR count). The summed E-state index contributed by atoms with van der Waals surface area (Å²) >= 11 is 4.44. The van der Waals surface area contributed by atoms with Crippen LogP contribution >= 0.6 is 12.6 Å². The van der Waals surface area contributed by atoms with E-state index in [0.29, 0.717) is 12.1 Å². The summed E-state index contributed by atoms with van der Waals surface area (Å²) in [6, 6.07) is 5.47. The average Bonchev–Trinajstić information content (AvgIpc) is 2.32. The number of hydrogen-bond acceptors (Lipinski definition) is 5. The fourth-order valence-electron chi connectivity index (χ4n) is 1.80. The summed E-state index contributed by atoms with van der Waals surface area (Å²) in [5.41, 5.74) is 8.19. The Bertz CT molecular complexity index is 437. The third-order valence-corrected chi connectivity index (χ3v) is 3.24. The van der Waals surface area contributed by atoms with Gasteiger partial charge in [-0.1, -0.05) is 13.3 Å². The fraction of sp³-hybridized carbons (Fsp3) is 0.462. The lowest BCUT2D eigenvalue weighted by Gasteiger charge is -2.28. The number of ether oxygens (including phenoxy) is 1. The van der Waals surface area contributed by atoms with Crippen LogP contribution < -0.4 is 11.1 Å². The van der Waals surface area contributed by atoms with Crippen LogP contribution in [0.25, 0.3) is 0 Å². The monoisotopic (exact) mass is 268 g/mol. The highest BCUT2D eigenvalue weighted by Gasteiger charge is 2.35. The van der Waals surface area contributed by atoms with E-state index in [0.717, 1.165) is 17.7 Å². The number of nitrogen functional groups attached to an aromatic ring is 1. The Labute approximate surface area is 113 Å². The van der Waals surface area contributed by atoms with Crippen LogP contribution in [0, 0.1) is 6.92 Å². The van der Waals surface area contributed by atoms with Crippen molar-refractivity contribution >= 4 is 30.0 Å². The van der Waals surface area contributed by atoms with Crippen molar-refractivity contribution in [1.29, 1.82) is 0 Å². The molecule has 18 heavy (non-hydrogen) atoms. The van der Waals surface area contributed by atoms with Crippen LogP contribution in [0.1, 0.15) is 25.3 Å². The highest BCUT2D eigenvalue weighted by atomic mass is 32.1. The van der Waals surface area contributed by atoms with E-state index in [9.17, 15) is 4.79 Å². The van der Waals surface area contributed by atoms with Crippen LogP contribution in [-0.4, -0.2) is 18.0 Å². The van der Waals surface area contributed by atoms with Gasteiger partial charge in [0.1, 0.15) is 0 Å². The summed E-state index contributed by atoms with van der Waals surface area (Å²) in [6.07, 6.45) is 1.40. The van der Waals surface area contributed by atoms with E-state index in [2.05, 4.69) is 17.9 Å². The molecule has 0 radical (unpaired) electrons. The molecule has 1 aromatic rings. The quantitative estimate of drug-likeness (QED) is 0.332. The van der Waals surface area contributed by atoms with Crippen LogP contribution in [0.5, 0.6) is 0 Å². The largest absolute Gasteiger partial charge is 0.467 e. The van der Waals surface area contributed by atoms with Crippen molar-refractivity contribution in [2.45, 2.75) is 31.6 Å². The predicted molar refractivity (Wildman–Crippen MR) is 77.9 cm³/mol. The zero-order chi connectivity index (χ0) is 13.8. The van der Waals surface area contributed by atoms with Crippen LogP contribution in [-0.2, 0) is 9.53 Å². The van der Waals surface area contributed by atoms with Gasteiger partial charge in [0, 0.05) is 11.4 Å². The molecule has 0 aliphatic heterocycles. The third-order valence-electron chi connectivity index (χ3n) is 2.73. The molecule has 0 aromatic heterocycles. The fourth-order valence-corrected chi connectivity index (χ4v) is 2.23. The first-order valence-corrected chi connectivity index (χ1v) is 6.32. The Balaban J connectivity index is 2.99. The van der Waals surface area contributed by atoms with Crippen LogP contribution in [0.2, 0.25) is 0 Å². The number of thiol groups is 1. The number of rotatable bonds is 5. The van der Waals surface area contributed by atoms with Gasteiger partial charge in [0.2, 0.25) is 0 Å². The zero-order valence-electron chi connectivity index (χ0n) is 11.0. The maximum atomic E-state index is 11.8. The second-order valence-electron chi connectivity index (χ2n) is 4.30. The number of anilines is 2. The molecule has 1 aromatic carbocycles. The zero-order valence-corrected chi connectivity index (χ0v) is 11.9. The average molecular weight is 268 g/mol. The molecule has 1 unspecified atom stereocenters. The third kappa shape index (κ3) is 3.32. The first-order chi connectivity index (χ1) is 8.42. The lowest BCUT2D eigenvalue weighted by molar-refractivity contribution is -0.142. The van der Waals surface area contributed by atoms with E-state index < -0.39 is 4.87 Å². The normalized spacial score (nSPS) is 13.8. The van der Waals surface area contributed by atoms with E-state index in [1.54, 1.807) is 6.07 Å². The maximum Gasteiger partial charge on any atom is 0.341 e. The highest BCUT2D eigenvalue weighted by Crippen LogP contribution is 2.28. The number of nitrogens with two attached hydrogens (primary N) is 1. The molecule has 0 aliphatic carbocycles. The SMILES string of the molecule is CCCC(S)(Nc1ccc(N)cc1C)C(=O)OC. The van der Waals surface area contributed by atoms with Crippen molar-refractivity contribution in [3.8, 4) is 0 Å². The molecule has 5 heteroatoms. The van der Waals surface area contributed by atoms with E-state index >= 15 is 0 Å². The van der Waals surface area contributed by atoms with Crippen LogP contribution in [0.15, 0.2) is 18.2 Å². The Kier molecular flexibility index (Phi) is 4.90. The minimum atomic E-state index is -1.01. The van der Waals surface area contributed by atoms with Gasteiger partial charge in [-0.25, -0.2) is 4.79 Å². The number of methoxy groups -OCH3 is 1. The first kappa shape index (κ1) is 14.7. The number of nitrogens with one attached hydrogen (secondary N) is 1. The summed E-state index contributed by atoms with van der Waals surface area (Å²) in [5, 5.41) is 3.14. The molecule has 0 saturated heterocycles. The second kappa shape index (κ2) is 6.00. The van der Waals surface area contributed by atoms with Crippen molar-refractivity contribution in [3.63, 3.8) is 0 Å². The Morgan fingerprint density at radius 1 is 1.56 bits per heavy atom. The predicted octanol–water partition coefficient (Wildman–Crippen LogP) is 2.59. The van der Waals surface area contributed by atoms with Crippen molar-refractivity contribution < 1.29 is 9.53 Å². The number of carbonyl (C=O) groups is 1. The standard InChI is InChI=1S/C13H20N2O2S/c1-4-7-13(18,12(16)17-3)15-11-6-5-10(14)8-9(11)2/h5-6,8,15,18H,4,7,14H2,1-3H3. The second-order valence-corrected chi connectivity index (χ2v) is 5.06. The minimum absolute atomic E-state index is 0.385. The van der Waals surface area contributed by atoms with E-state index in [4.69, 9.17) is 10.5 Å². The lowest BCUT2D eigenvalue weighted by atomic mass is 10.1. The molecule has 0 saturated carbocycles. The molecule has 3 N–H and O–H groups in total. The van der Waals surface area contributed by atoms with Gasteiger partial charge in [0.15, 0.2) is 4.87 Å². The van der Waals surface area contributed by atoms with Crippen LogP contribution in [0.4, 0.5) is 11.4 Å². The number of carbonyl (C=O) groups excluding carboxylic acids is 1. The van der Waals surface area contributed by atoms with Crippen molar-refractivity contribution in [2.24, 2.45) is 0 Å². The van der Waals surface area contributed by atoms with Gasteiger partial charge in [-0.15, -0.1) is 12.6 Å². The molecule has 0 bridgehead atoms. The van der Waals surface area contributed by atoms with Gasteiger partial charge in [-0.05, 0) is 37.1 Å². The number of benzene rings is 1. The molecular formula is C13H20N2O2S. The Morgan fingerprint density at radius 2 is 2.22 bits per heavy atom. The molecule has 0 fully saturated rings. The highest BCUT2D eigenvalue weighted by molar-refractivity contribution is 7.82. The van der Waals surface area contributed by atoms with Crippen molar-refractivity contribution in [2.75, 3.05) is 18.2 Å². The van der Waals surface area contributed by atoms with Crippen molar-refractivity contribution in [1.82, 2.24) is 0 Å². The van der Waals surface area contributed by atoms with Gasteiger partial charge in [0.05, 0.1) is 7.11 Å². The van der Waals surface area contributed by atoms with E-state index in [1.807, 2.05) is 26.0 Å². The van der Waals surface area contributed by atoms with Gasteiger partial charge < -0.3 is 15.8 Å². The van der Waals surface area contributed by atoms with Gasteiger partial charge in [-0.2, -0.15) is 0 Å². The van der Waals surface area contributed by atoms with Crippen LogP contribution in [0.3, 0.4) is 0 Å². The van der Waals surface area contributed by atoms with E-state index in [-0.39, 0.29) is 5.97 Å². The minimum Gasteiger partial charge on any atom is -0.467 e. The Hall–Kier alpha value is -1.36. The van der Waals surface area contributed by atoms with Gasteiger partial charge in [-0.3, -0.25) is 0 Å². The molecule has 0 aliphatic rings. The lowest BCUT2D eigenvalue weighted by Crippen LogP contribution is -2.42. The molecule has 0 spiro atoms. The summed E-state index contributed by atoms with van der Waals surface area (Å²) in [5.74, 6) is -0.385. The summed E-state index contributed by atoms with van der Waals surface area (Å²) in [6.45, 7) is 3.92. The molecule has 1 atom stereocenters. The van der Waals surface area contributed by atoms with E-state index in [1.165, 1.54) is 7.11 Å². The molecule has 100 valence electrons. The van der Waals surface area contributed by atoms with Gasteiger partial charge in [0.25, 0.3) is 0 Å². The number of hydrogen-bond donors (Lipinski definition) is 3. The summed E-state index contributed by atoms with van der Waals surface area (Å²) in [7, 11) is 1.36. The smallest absolute Gasteiger partial charge is 0.341 e. The number of esters is 1. The van der Waals surface area contributed by atoms with Gasteiger partial charge >= 0.3 is 5.97 Å². The summed E-state index contributed by atoms with van der Waals surface area (Å²) < 4.78 is 4.80. The topological polar surface area (TPSA) is 64.3 Å². The first-order valence-electron chi connectivity index (χ1n) is 5.88. The number of aryl methyl sites for hydroxylation is 1. The Morgan fingerprint density at radius 3 is 2.72 bits per heavy atom. The summed E-state index contributed by atoms with van der Waals surface area (Å²) in [4.78, 5) is 10.8. The maximum absolute atomic E-state index is 11.8. The molecule has 4 nitrogen and oxygen atoms in total. The van der Waals surface area contributed by atoms with Crippen molar-refractivity contribution in [3.05, 3.63) is 23.8 Å².